The van der Waals surface area contributed by atoms with Crippen molar-refractivity contribution in [3.05, 3.63) is 33.7 Å². The molecule has 0 aliphatic rings. The van der Waals surface area contributed by atoms with Gasteiger partial charge in [0.1, 0.15) is 11.5 Å². The summed E-state index contributed by atoms with van der Waals surface area (Å²) < 4.78 is 52.0. The summed E-state index contributed by atoms with van der Waals surface area (Å²) >= 11 is 2.97. The second-order valence-electron chi connectivity index (χ2n) is 3.89. The molecule has 0 aliphatic carbocycles. The minimum Gasteiger partial charge on any atom is -0.323 e. The second kappa shape index (κ2) is 4.61. The quantitative estimate of drug-likeness (QED) is 0.473. The number of hydrogen-bond acceptors (Lipinski definition) is 3. The molecule has 0 unspecified atom stereocenters. The van der Waals surface area contributed by atoms with Gasteiger partial charge in [-0.3, -0.25) is 5.84 Å². The van der Waals surface area contributed by atoms with Crippen molar-refractivity contribution in [2.24, 2.45) is 5.84 Å². The third-order valence-corrected chi connectivity index (χ3v) is 3.29. The highest BCUT2D eigenvalue weighted by Gasteiger charge is 2.36. The van der Waals surface area contributed by atoms with Crippen molar-refractivity contribution in [1.82, 2.24) is 4.98 Å². The van der Waals surface area contributed by atoms with Crippen LogP contribution in [0.25, 0.3) is 10.9 Å². The first-order valence-corrected chi connectivity index (χ1v) is 5.88. The lowest BCUT2D eigenvalue weighted by molar-refractivity contribution is -0.141. The number of alkyl halides is 3. The van der Waals surface area contributed by atoms with E-state index in [1.54, 1.807) is 0 Å². The van der Waals surface area contributed by atoms with Crippen LogP contribution in [-0.4, -0.2) is 4.98 Å². The van der Waals surface area contributed by atoms with Gasteiger partial charge >= 0.3 is 6.18 Å². The Hall–Kier alpha value is -1.41. The number of benzene rings is 1. The lowest BCUT2D eigenvalue weighted by Crippen LogP contribution is -2.16. The number of nitrogens with one attached hydrogen (secondary N) is 1. The maximum Gasteiger partial charge on any atom is 0.433 e. The average molecular weight is 338 g/mol. The van der Waals surface area contributed by atoms with Crippen molar-refractivity contribution in [2.75, 3.05) is 5.43 Å². The van der Waals surface area contributed by atoms with E-state index in [0.29, 0.717) is 5.39 Å². The van der Waals surface area contributed by atoms with Gasteiger partial charge in [-0.15, -0.1) is 0 Å². The van der Waals surface area contributed by atoms with Crippen LogP contribution < -0.4 is 11.3 Å². The number of hydrazine groups is 1. The van der Waals surface area contributed by atoms with Crippen LogP contribution in [0, 0.1) is 12.7 Å². The number of rotatable bonds is 1. The van der Waals surface area contributed by atoms with Crippen LogP contribution in [0.1, 0.15) is 11.3 Å². The summed E-state index contributed by atoms with van der Waals surface area (Å²) in [5.74, 6) is 4.57. The summed E-state index contributed by atoms with van der Waals surface area (Å²) in [5.41, 5.74) is 0.937. The van der Waals surface area contributed by atoms with Gasteiger partial charge in [0.05, 0.1) is 15.7 Å². The van der Waals surface area contributed by atoms with Crippen molar-refractivity contribution >= 4 is 32.5 Å². The van der Waals surface area contributed by atoms with E-state index in [9.17, 15) is 17.6 Å². The van der Waals surface area contributed by atoms with E-state index in [-0.39, 0.29) is 21.2 Å². The summed E-state index contributed by atoms with van der Waals surface area (Å²) in [4.78, 5) is 3.48. The molecule has 2 aromatic rings. The van der Waals surface area contributed by atoms with Crippen LogP contribution in [0.2, 0.25) is 0 Å². The van der Waals surface area contributed by atoms with Crippen molar-refractivity contribution in [3.63, 3.8) is 0 Å². The Balaban J connectivity index is 2.91. The fourth-order valence-electron chi connectivity index (χ4n) is 1.82. The molecule has 1 heterocycles. The molecule has 102 valence electrons. The maximum atomic E-state index is 13.4. The Morgan fingerprint density at radius 1 is 1.32 bits per heavy atom. The molecule has 3 N–H and O–H groups in total. The second-order valence-corrected chi connectivity index (χ2v) is 4.74. The number of nitrogens with two attached hydrogens (primary N) is 1. The molecule has 1 aromatic carbocycles. The molecule has 0 atom stereocenters. The highest BCUT2D eigenvalue weighted by atomic mass is 79.9. The molecule has 0 fully saturated rings. The highest BCUT2D eigenvalue weighted by molar-refractivity contribution is 9.10. The van der Waals surface area contributed by atoms with Gasteiger partial charge < -0.3 is 5.43 Å². The van der Waals surface area contributed by atoms with Crippen molar-refractivity contribution in [3.8, 4) is 0 Å². The van der Waals surface area contributed by atoms with Crippen molar-refractivity contribution in [2.45, 2.75) is 13.1 Å². The van der Waals surface area contributed by atoms with Crippen LogP contribution in [0.4, 0.5) is 23.2 Å². The van der Waals surface area contributed by atoms with Gasteiger partial charge in [0.2, 0.25) is 0 Å². The molecular formula is C11H8BrF4N3. The summed E-state index contributed by atoms with van der Waals surface area (Å²) in [7, 11) is 0. The predicted molar refractivity (Wildman–Crippen MR) is 67.0 cm³/mol. The number of pyridine rings is 1. The van der Waals surface area contributed by atoms with E-state index in [0.717, 1.165) is 6.07 Å². The Morgan fingerprint density at radius 2 is 1.95 bits per heavy atom. The van der Waals surface area contributed by atoms with Crippen LogP contribution in [0.3, 0.4) is 0 Å². The SMILES string of the molecule is Cc1c(C(F)(F)F)nc2cc(F)c(Br)cc2c1NN. The Labute approximate surface area is 113 Å². The Kier molecular flexibility index (Phi) is 3.40. The first-order chi connectivity index (χ1) is 8.75. The zero-order valence-corrected chi connectivity index (χ0v) is 11.2. The number of fused-ring (bicyclic) bond motifs is 1. The molecule has 0 saturated heterocycles. The summed E-state index contributed by atoms with van der Waals surface area (Å²) in [5, 5.41) is 0.307. The minimum atomic E-state index is -4.63. The highest BCUT2D eigenvalue weighted by Crippen LogP contribution is 2.37. The number of aromatic nitrogens is 1. The molecule has 0 spiro atoms. The van der Waals surface area contributed by atoms with Crippen molar-refractivity contribution in [1.29, 1.82) is 0 Å². The number of nitrogens with zero attached hydrogens (tertiary/aromatic N) is 1. The monoisotopic (exact) mass is 337 g/mol. The minimum absolute atomic E-state index is 0.0676. The third-order valence-electron chi connectivity index (χ3n) is 2.68. The van der Waals surface area contributed by atoms with Gasteiger partial charge in [-0.05, 0) is 28.9 Å². The van der Waals surface area contributed by atoms with Crippen LogP contribution >= 0.6 is 15.9 Å². The van der Waals surface area contributed by atoms with E-state index in [1.807, 2.05) is 0 Å². The fourth-order valence-corrected chi connectivity index (χ4v) is 2.16. The molecule has 0 amide bonds. The molecule has 3 nitrogen and oxygen atoms in total. The molecule has 19 heavy (non-hydrogen) atoms. The molecule has 0 saturated carbocycles. The zero-order chi connectivity index (χ0) is 14.4. The van der Waals surface area contributed by atoms with Crippen LogP contribution in [-0.2, 0) is 6.18 Å². The van der Waals surface area contributed by atoms with Gasteiger partial charge in [0, 0.05) is 17.0 Å². The normalized spacial score (nSPS) is 11.9. The number of nitrogen functional groups attached to an aromatic ring is 1. The van der Waals surface area contributed by atoms with Gasteiger partial charge in [0.15, 0.2) is 0 Å². The topological polar surface area (TPSA) is 50.9 Å². The van der Waals surface area contributed by atoms with Crippen LogP contribution in [0.15, 0.2) is 16.6 Å². The van der Waals surface area contributed by atoms with E-state index in [4.69, 9.17) is 5.84 Å². The predicted octanol–water partition coefficient (Wildman–Crippen LogP) is 3.75. The summed E-state index contributed by atoms with van der Waals surface area (Å²) in [6.45, 7) is 1.25. The van der Waals surface area contributed by atoms with Crippen molar-refractivity contribution < 1.29 is 17.6 Å². The molecular weight excluding hydrogens is 330 g/mol. The number of hydrogen-bond donors (Lipinski definition) is 2. The van der Waals surface area contributed by atoms with Gasteiger partial charge in [-0.1, -0.05) is 0 Å². The van der Waals surface area contributed by atoms with Gasteiger partial charge in [-0.25, -0.2) is 9.37 Å². The largest absolute Gasteiger partial charge is 0.433 e. The fraction of sp³-hybridized carbons (Fsp3) is 0.182. The lowest BCUT2D eigenvalue weighted by Gasteiger charge is -2.16. The third kappa shape index (κ3) is 2.37. The smallest absolute Gasteiger partial charge is 0.323 e. The number of halogens is 5. The summed E-state index contributed by atoms with van der Waals surface area (Å²) in [6.07, 6.45) is -4.63. The molecule has 0 aliphatic heterocycles. The van der Waals surface area contributed by atoms with Gasteiger partial charge in [0.25, 0.3) is 0 Å². The molecule has 1 aromatic heterocycles. The summed E-state index contributed by atoms with van der Waals surface area (Å²) in [6, 6.07) is 2.26. The first kappa shape index (κ1) is 14.0. The number of anilines is 1. The Bertz CT molecular complexity index is 655. The maximum absolute atomic E-state index is 13.4. The molecule has 0 radical (unpaired) electrons. The Morgan fingerprint density at radius 3 is 2.47 bits per heavy atom. The van der Waals surface area contributed by atoms with E-state index in [2.05, 4.69) is 26.3 Å². The lowest BCUT2D eigenvalue weighted by atomic mass is 10.1. The van der Waals surface area contributed by atoms with Crippen LogP contribution in [0.5, 0.6) is 0 Å². The van der Waals surface area contributed by atoms with E-state index in [1.165, 1.54) is 13.0 Å². The van der Waals surface area contributed by atoms with E-state index >= 15 is 0 Å². The zero-order valence-electron chi connectivity index (χ0n) is 9.57. The average Bonchev–Trinajstić information content (AvgIpc) is 2.29. The first-order valence-electron chi connectivity index (χ1n) is 5.09. The molecule has 0 bridgehead atoms. The van der Waals surface area contributed by atoms with E-state index < -0.39 is 17.7 Å². The van der Waals surface area contributed by atoms with Gasteiger partial charge in [-0.2, -0.15) is 13.2 Å². The molecule has 8 heteroatoms. The molecule has 2 rings (SSSR count). The standard InChI is InChI=1S/C11H8BrF4N3/c1-4-9(19-17)5-2-6(12)7(13)3-8(5)18-10(4)11(14,15)16/h2-3H,17H2,1H3,(H,18,19).